The van der Waals surface area contributed by atoms with E-state index >= 15 is 0 Å². The molecule has 0 unspecified atom stereocenters. The van der Waals surface area contributed by atoms with E-state index in [0.29, 0.717) is 6.42 Å². The van der Waals surface area contributed by atoms with Gasteiger partial charge in [0.25, 0.3) is 0 Å². The maximum Gasteiger partial charge on any atom is 0.149 e. The molecule has 0 saturated carbocycles. The van der Waals surface area contributed by atoms with E-state index in [0.717, 1.165) is 21.5 Å². The Hall–Kier alpha value is -1.75. The van der Waals surface area contributed by atoms with Crippen LogP contribution in [0.3, 0.4) is 0 Å². The monoisotopic (exact) mass is 306 g/mol. The van der Waals surface area contributed by atoms with Gasteiger partial charge in [0.1, 0.15) is 17.2 Å². The van der Waals surface area contributed by atoms with Gasteiger partial charge in [-0.05, 0) is 30.3 Å². The minimum absolute atomic E-state index is 0.0254. The molecule has 4 nitrogen and oxygen atoms in total. The van der Waals surface area contributed by atoms with Crippen molar-refractivity contribution in [1.29, 1.82) is 0 Å². The third-order valence-electron chi connectivity index (χ3n) is 2.92. The van der Waals surface area contributed by atoms with Crippen molar-refractivity contribution in [3.05, 3.63) is 52.4 Å². The van der Waals surface area contributed by atoms with Crippen LogP contribution in [0.25, 0.3) is 0 Å². The van der Waals surface area contributed by atoms with Crippen LogP contribution in [0, 0.1) is 0 Å². The number of furan rings is 1. The summed E-state index contributed by atoms with van der Waals surface area (Å²) < 4.78 is 6.25. The Labute approximate surface area is 112 Å². The molecule has 18 heavy (non-hydrogen) atoms. The standard InChI is InChI=1S/C13H11BrN2O2/c14-8-3-4-12(17)9(6-8)10-7-11(16-15-10)13-2-1-5-18-13/h1-6,10,15,17H,7H2/t10-/m1/s1. The number of rotatable bonds is 2. The van der Waals surface area contributed by atoms with Gasteiger partial charge < -0.3 is 14.9 Å². The van der Waals surface area contributed by atoms with Crippen LogP contribution in [0.2, 0.25) is 0 Å². The van der Waals surface area contributed by atoms with E-state index in [1.165, 1.54) is 0 Å². The highest BCUT2D eigenvalue weighted by Crippen LogP contribution is 2.32. The summed E-state index contributed by atoms with van der Waals surface area (Å²) in [5.74, 6) is 1.03. The number of nitrogens with one attached hydrogen (secondary N) is 1. The van der Waals surface area contributed by atoms with Gasteiger partial charge in [0, 0.05) is 16.5 Å². The van der Waals surface area contributed by atoms with Crippen molar-refractivity contribution in [3.63, 3.8) is 0 Å². The van der Waals surface area contributed by atoms with E-state index in [2.05, 4.69) is 26.5 Å². The highest BCUT2D eigenvalue weighted by Gasteiger charge is 2.24. The fourth-order valence-corrected chi connectivity index (χ4v) is 2.40. The molecule has 2 aromatic rings. The third kappa shape index (κ3) is 2.01. The van der Waals surface area contributed by atoms with Crippen molar-refractivity contribution < 1.29 is 9.52 Å². The lowest BCUT2D eigenvalue weighted by atomic mass is 10.0. The van der Waals surface area contributed by atoms with Gasteiger partial charge in [-0.3, -0.25) is 0 Å². The number of aromatic hydroxyl groups is 1. The average Bonchev–Trinajstić information content (AvgIpc) is 3.00. The first kappa shape index (κ1) is 11.3. The Kier molecular flexibility index (Phi) is 2.83. The van der Waals surface area contributed by atoms with Crippen molar-refractivity contribution in [2.24, 2.45) is 5.10 Å². The minimum atomic E-state index is -0.0254. The predicted octanol–water partition coefficient (Wildman–Crippen LogP) is 3.19. The molecule has 1 aromatic heterocycles. The maximum atomic E-state index is 9.88. The summed E-state index contributed by atoms with van der Waals surface area (Å²) >= 11 is 3.40. The highest BCUT2D eigenvalue weighted by molar-refractivity contribution is 9.10. The third-order valence-corrected chi connectivity index (χ3v) is 3.42. The number of phenols is 1. The van der Waals surface area contributed by atoms with Crippen molar-refractivity contribution in [3.8, 4) is 5.75 Å². The molecule has 2 heterocycles. The summed E-state index contributed by atoms with van der Waals surface area (Å²) in [6, 6.07) is 9.06. The number of hydrogen-bond acceptors (Lipinski definition) is 4. The van der Waals surface area contributed by atoms with E-state index < -0.39 is 0 Å². The number of phenolic OH excluding ortho intramolecular Hbond substituents is 1. The lowest BCUT2D eigenvalue weighted by Crippen LogP contribution is -2.10. The molecule has 92 valence electrons. The van der Waals surface area contributed by atoms with Gasteiger partial charge >= 0.3 is 0 Å². The summed E-state index contributed by atoms with van der Waals surface area (Å²) in [6.45, 7) is 0. The smallest absolute Gasteiger partial charge is 0.149 e. The van der Waals surface area contributed by atoms with Gasteiger partial charge in [0.05, 0.1) is 12.3 Å². The van der Waals surface area contributed by atoms with Crippen LogP contribution in [-0.4, -0.2) is 10.8 Å². The molecule has 0 amide bonds. The molecule has 1 aromatic carbocycles. The Bertz CT molecular complexity index is 593. The minimum Gasteiger partial charge on any atom is -0.508 e. The van der Waals surface area contributed by atoms with Crippen LogP contribution in [0.15, 0.2) is 50.6 Å². The lowest BCUT2D eigenvalue weighted by molar-refractivity contribution is 0.455. The normalized spacial score (nSPS) is 18.5. The van der Waals surface area contributed by atoms with Crippen LogP contribution < -0.4 is 5.43 Å². The summed E-state index contributed by atoms with van der Waals surface area (Å²) in [4.78, 5) is 0. The van der Waals surface area contributed by atoms with Crippen LogP contribution in [0.5, 0.6) is 5.75 Å². The fourth-order valence-electron chi connectivity index (χ4n) is 2.02. The van der Waals surface area contributed by atoms with E-state index in [1.807, 2.05) is 24.3 Å². The summed E-state index contributed by atoms with van der Waals surface area (Å²) in [5, 5.41) is 14.1. The zero-order chi connectivity index (χ0) is 12.5. The van der Waals surface area contributed by atoms with Crippen molar-refractivity contribution in [2.45, 2.75) is 12.5 Å². The number of nitrogens with zero attached hydrogens (tertiary/aromatic N) is 1. The molecule has 0 fully saturated rings. The van der Waals surface area contributed by atoms with E-state index in [9.17, 15) is 5.11 Å². The van der Waals surface area contributed by atoms with Crippen LogP contribution >= 0.6 is 15.9 Å². The topological polar surface area (TPSA) is 57.8 Å². The second-order valence-corrected chi connectivity index (χ2v) is 5.04. The molecule has 3 rings (SSSR count). The summed E-state index contributed by atoms with van der Waals surface area (Å²) in [7, 11) is 0. The average molecular weight is 307 g/mol. The highest BCUT2D eigenvalue weighted by atomic mass is 79.9. The van der Waals surface area contributed by atoms with Crippen LogP contribution in [0.4, 0.5) is 0 Å². The van der Waals surface area contributed by atoms with Crippen molar-refractivity contribution in [1.82, 2.24) is 5.43 Å². The molecule has 2 N–H and O–H groups in total. The molecular formula is C13H11BrN2O2. The molecular weight excluding hydrogens is 296 g/mol. The quantitative estimate of drug-likeness (QED) is 0.896. The van der Waals surface area contributed by atoms with Gasteiger partial charge in [-0.1, -0.05) is 15.9 Å². The molecule has 0 aliphatic carbocycles. The summed E-state index contributed by atoms with van der Waals surface area (Å²) in [6.07, 6.45) is 2.32. The van der Waals surface area contributed by atoms with Gasteiger partial charge in [-0.15, -0.1) is 0 Å². The van der Waals surface area contributed by atoms with Gasteiger partial charge in [0.2, 0.25) is 0 Å². The molecule has 1 atom stereocenters. The Balaban J connectivity index is 1.84. The van der Waals surface area contributed by atoms with Crippen molar-refractivity contribution in [2.75, 3.05) is 0 Å². The number of hydrazone groups is 1. The SMILES string of the molecule is Oc1ccc(Br)cc1[C@H]1CC(c2ccco2)=NN1. The Morgan fingerprint density at radius 3 is 3.06 bits per heavy atom. The molecule has 0 spiro atoms. The lowest BCUT2D eigenvalue weighted by Gasteiger charge is -2.12. The second-order valence-electron chi connectivity index (χ2n) is 4.12. The first-order chi connectivity index (χ1) is 8.74. The van der Waals surface area contributed by atoms with Crippen molar-refractivity contribution >= 4 is 21.6 Å². The molecule has 0 radical (unpaired) electrons. The first-order valence-electron chi connectivity index (χ1n) is 5.58. The first-order valence-corrected chi connectivity index (χ1v) is 6.38. The fraction of sp³-hybridized carbons (Fsp3) is 0.154. The summed E-state index contributed by atoms with van der Waals surface area (Å²) in [5.41, 5.74) is 4.72. The number of benzene rings is 1. The van der Waals surface area contributed by atoms with Gasteiger partial charge in [0.15, 0.2) is 0 Å². The van der Waals surface area contributed by atoms with Crippen LogP contribution in [-0.2, 0) is 0 Å². The van der Waals surface area contributed by atoms with Gasteiger partial charge in [-0.2, -0.15) is 5.10 Å². The van der Waals surface area contributed by atoms with E-state index in [-0.39, 0.29) is 11.8 Å². The number of halogens is 1. The molecule has 5 heteroatoms. The predicted molar refractivity (Wildman–Crippen MR) is 71.5 cm³/mol. The largest absolute Gasteiger partial charge is 0.508 e. The maximum absolute atomic E-state index is 9.88. The second kappa shape index (κ2) is 4.49. The molecule has 0 bridgehead atoms. The number of hydrogen-bond donors (Lipinski definition) is 2. The van der Waals surface area contributed by atoms with E-state index in [1.54, 1.807) is 12.3 Å². The Morgan fingerprint density at radius 2 is 2.28 bits per heavy atom. The molecule has 1 aliphatic heterocycles. The zero-order valence-corrected chi connectivity index (χ0v) is 11.0. The zero-order valence-electron chi connectivity index (χ0n) is 9.43. The van der Waals surface area contributed by atoms with E-state index in [4.69, 9.17) is 4.42 Å². The Morgan fingerprint density at radius 1 is 1.39 bits per heavy atom. The molecule has 0 saturated heterocycles. The van der Waals surface area contributed by atoms with Crippen LogP contribution in [0.1, 0.15) is 23.8 Å². The molecule has 1 aliphatic rings. The van der Waals surface area contributed by atoms with Gasteiger partial charge in [-0.25, -0.2) is 0 Å².